The number of ether oxygens (including phenoxy) is 1. The molecule has 3 heteroatoms. The minimum atomic E-state index is 0.162. The minimum Gasteiger partial charge on any atom is -0.380 e. The molecular weight excluding hydrogens is 202 g/mol. The standard InChI is InChI=1S/C13H15NO2/c1-10(16-2)8-14-6-5-12-4-3-11(9-15)7-13(12)14/h3-7,9-10H,8H2,1-2H3. The molecule has 0 aliphatic heterocycles. The quantitative estimate of drug-likeness (QED) is 0.737. The number of benzene rings is 1. The Kier molecular flexibility index (Phi) is 3.06. The Morgan fingerprint density at radius 3 is 2.94 bits per heavy atom. The monoisotopic (exact) mass is 217 g/mol. The predicted molar refractivity (Wildman–Crippen MR) is 63.8 cm³/mol. The Labute approximate surface area is 94.6 Å². The highest BCUT2D eigenvalue weighted by Gasteiger charge is 2.05. The van der Waals surface area contributed by atoms with E-state index in [-0.39, 0.29) is 6.10 Å². The number of hydrogen-bond donors (Lipinski definition) is 0. The lowest BCUT2D eigenvalue weighted by molar-refractivity contribution is 0.104. The third-order valence-electron chi connectivity index (χ3n) is 2.79. The molecule has 0 radical (unpaired) electrons. The topological polar surface area (TPSA) is 31.2 Å². The van der Waals surface area contributed by atoms with Crippen molar-refractivity contribution in [2.75, 3.05) is 7.11 Å². The lowest BCUT2D eigenvalue weighted by Gasteiger charge is -2.11. The van der Waals surface area contributed by atoms with Crippen LogP contribution in [0.4, 0.5) is 0 Å². The lowest BCUT2D eigenvalue weighted by atomic mass is 10.2. The van der Waals surface area contributed by atoms with Crippen molar-refractivity contribution in [3.8, 4) is 0 Å². The van der Waals surface area contributed by atoms with Crippen LogP contribution in [0.15, 0.2) is 30.5 Å². The number of hydrogen-bond acceptors (Lipinski definition) is 2. The first-order valence-electron chi connectivity index (χ1n) is 5.31. The number of carbonyl (C=O) groups is 1. The van der Waals surface area contributed by atoms with E-state index in [1.807, 2.05) is 37.4 Å². The number of nitrogens with zero attached hydrogens (tertiary/aromatic N) is 1. The molecule has 0 N–H and O–H groups in total. The molecule has 0 aliphatic carbocycles. The van der Waals surface area contributed by atoms with Gasteiger partial charge < -0.3 is 9.30 Å². The molecule has 84 valence electrons. The van der Waals surface area contributed by atoms with Crippen molar-refractivity contribution in [2.45, 2.75) is 19.6 Å². The number of fused-ring (bicyclic) bond motifs is 1. The molecule has 0 saturated heterocycles. The third-order valence-corrected chi connectivity index (χ3v) is 2.79. The van der Waals surface area contributed by atoms with E-state index in [4.69, 9.17) is 4.74 Å². The van der Waals surface area contributed by atoms with Crippen molar-refractivity contribution in [3.05, 3.63) is 36.0 Å². The van der Waals surface area contributed by atoms with Gasteiger partial charge in [0.2, 0.25) is 0 Å². The van der Waals surface area contributed by atoms with Crippen LogP contribution in [0.5, 0.6) is 0 Å². The first kappa shape index (κ1) is 10.9. The molecule has 16 heavy (non-hydrogen) atoms. The van der Waals surface area contributed by atoms with Gasteiger partial charge in [-0.15, -0.1) is 0 Å². The SMILES string of the molecule is COC(C)Cn1ccc2ccc(C=O)cc21. The number of rotatable bonds is 4. The zero-order valence-corrected chi connectivity index (χ0v) is 9.51. The Bertz CT molecular complexity index is 502. The van der Waals surface area contributed by atoms with Gasteiger partial charge in [-0.3, -0.25) is 4.79 Å². The first-order chi connectivity index (χ1) is 7.74. The fraction of sp³-hybridized carbons (Fsp3) is 0.308. The third kappa shape index (κ3) is 1.99. The Hall–Kier alpha value is -1.61. The van der Waals surface area contributed by atoms with Crippen LogP contribution in [0.25, 0.3) is 10.9 Å². The zero-order chi connectivity index (χ0) is 11.5. The maximum absolute atomic E-state index is 10.7. The van der Waals surface area contributed by atoms with Crippen LogP contribution < -0.4 is 0 Å². The number of aromatic nitrogens is 1. The molecule has 1 aromatic heterocycles. The first-order valence-corrected chi connectivity index (χ1v) is 5.31. The van der Waals surface area contributed by atoms with E-state index in [0.29, 0.717) is 5.56 Å². The van der Waals surface area contributed by atoms with Crippen molar-refractivity contribution < 1.29 is 9.53 Å². The Balaban J connectivity index is 2.41. The van der Waals surface area contributed by atoms with Gasteiger partial charge >= 0.3 is 0 Å². The van der Waals surface area contributed by atoms with Gasteiger partial charge in [0.1, 0.15) is 6.29 Å². The number of aldehydes is 1. The van der Waals surface area contributed by atoms with E-state index in [1.54, 1.807) is 7.11 Å². The predicted octanol–water partition coefficient (Wildman–Crippen LogP) is 2.49. The normalized spacial score (nSPS) is 12.9. The molecule has 2 aromatic rings. The number of methoxy groups -OCH3 is 1. The highest BCUT2D eigenvalue weighted by molar-refractivity contribution is 5.87. The summed E-state index contributed by atoms with van der Waals surface area (Å²) in [5.74, 6) is 0. The van der Waals surface area contributed by atoms with Gasteiger partial charge in [-0.25, -0.2) is 0 Å². The maximum atomic E-state index is 10.7. The average molecular weight is 217 g/mol. The van der Waals surface area contributed by atoms with E-state index in [1.165, 1.54) is 0 Å². The average Bonchev–Trinajstić information content (AvgIpc) is 2.71. The highest BCUT2D eigenvalue weighted by Crippen LogP contribution is 2.17. The molecule has 0 bridgehead atoms. The van der Waals surface area contributed by atoms with Crippen LogP contribution in [0, 0.1) is 0 Å². The van der Waals surface area contributed by atoms with Gasteiger partial charge in [0.05, 0.1) is 6.10 Å². The molecule has 0 saturated carbocycles. The Morgan fingerprint density at radius 1 is 1.44 bits per heavy atom. The maximum Gasteiger partial charge on any atom is 0.150 e. The largest absolute Gasteiger partial charge is 0.380 e. The molecule has 1 heterocycles. The Morgan fingerprint density at radius 2 is 2.25 bits per heavy atom. The zero-order valence-electron chi connectivity index (χ0n) is 9.51. The van der Waals surface area contributed by atoms with Crippen molar-refractivity contribution in [2.24, 2.45) is 0 Å². The summed E-state index contributed by atoms with van der Waals surface area (Å²) >= 11 is 0. The summed E-state index contributed by atoms with van der Waals surface area (Å²) in [6.45, 7) is 2.82. The number of carbonyl (C=O) groups excluding carboxylic acids is 1. The van der Waals surface area contributed by atoms with Crippen LogP contribution >= 0.6 is 0 Å². The fourth-order valence-corrected chi connectivity index (χ4v) is 1.78. The van der Waals surface area contributed by atoms with Gasteiger partial charge in [0.15, 0.2) is 0 Å². The summed E-state index contributed by atoms with van der Waals surface area (Å²) in [6, 6.07) is 7.75. The van der Waals surface area contributed by atoms with Crippen molar-refractivity contribution in [1.29, 1.82) is 0 Å². The summed E-state index contributed by atoms with van der Waals surface area (Å²) in [7, 11) is 1.70. The van der Waals surface area contributed by atoms with Gasteiger partial charge in [-0.1, -0.05) is 12.1 Å². The van der Waals surface area contributed by atoms with Crippen LogP contribution in [0.3, 0.4) is 0 Å². The van der Waals surface area contributed by atoms with Crippen LogP contribution in [0.1, 0.15) is 17.3 Å². The second kappa shape index (κ2) is 4.49. The van der Waals surface area contributed by atoms with E-state index >= 15 is 0 Å². The van der Waals surface area contributed by atoms with Gasteiger partial charge in [-0.05, 0) is 24.4 Å². The molecule has 1 aromatic carbocycles. The van der Waals surface area contributed by atoms with Gasteiger partial charge in [0, 0.05) is 30.9 Å². The summed E-state index contributed by atoms with van der Waals surface area (Å²) < 4.78 is 7.35. The van der Waals surface area contributed by atoms with Gasteiger partial charge in [-0.2, -0.15) is 0 Å². The van der Waals surface area contributed by atoms with E-state index < -0.39 is 0 Å². The summed E-state index contributed by atoms with van der Waals surface area (Å²) in [6.07, 6.45) is 3.06. The molecule has 3 nitrogen and oxygen atoms in total. The minimum absolute atomic E-state index is 0.162. The molecule has 1 atom stereocenters. The second-order valence-corrected chi connectivity index (χ2v) is 3.95. The van der Waals surface area contributed by atoms with Crippen LogP contribution in [-0.2, 0) is 11.3 Å². The second-order valence-electron chi connectivity index (χ2n) is 3.95. The van der Waals surface area contributed by atoms with Crippen molar-refractivity contribution in [1.82, 2.24) is 4.57 Å². The van der Waals surface area contributed by atoms with E-state index in [0.717, 1.165) is 23.7 Å². The van der Waals surface area contributed by atoms with E-state index in [2.05, 4.69) is 4.57 Å². The van der Waals surface area contributed by atoms with Crippen LogP contribution in [-0.4, -0.2) is 24.1 Å². The molecule has 0 amide bonds. The molecular formula is C13H15NO2. The highest BCUT2D eigenvalue weighted by atomic mass is 16.5. The lowest BCUT2D eigenvalue weighted by Crippen LogP contribution is -2.13. The molecule has 0 aliphatic rings. The molecule has 1 unspecified atom stereocenters. The molecule has 0 fully saturated rings. The van der Waals surface area contributed by atoms with Crippen molar-refractivity contribution in [3.63, 3.8) is 0 Å². The van der Waals surface area contributed by atoms with Crippen LogP contribution in [0.2, 0.25) is 0 Å². The fourth-order valence-electron chi connectivity index (χ4n) is 1.78. The summed E-state index contributed by atoms with van der Waals surface area (Å²) in [5.41, 5.74) is 1.78. The summed E-state index contributed by atoms with van der Waals surface area (Å²) in [4.78, 5) is 10.7. The molecule has 2 rings (SSSR count). The van der Waals surface area contributed by atoms with Crippen molar-refractivity contribution >= 4 is 17.2 Å². The molecule has 0 spiro atoms. The summed E-state index contributed by atoms with van der Waals surface area (Å²) in [5, 5.41) is 1.15. The smallest absolute Gasteiger partial charge is 0.150 e. The van der Waals surface area contributed by atoms with Gasteiger partial charge in [0.25, 0.3) is 0 Å². The van der Waals surface area contributed by atoms with E-state index in [9.17, 15) is 4.79 Å².